The van der Waals surface area contributed by atoms with Crippen molar-refractivity contribution >= 4 is 12.1 Å². The number of carbonyl (C=O) groups is 2. The zero-order valence-corrected chi connectivity index (χ0v) is 15.8. The second-order valence-corrected chi connectivity index (χ2v) is 6.83. The summed E-state index contributed by atoms with van der Waals surface area (Å²) in [5.74, 6) is -0.355. The number of hydrogen-bond donors (Lipinski definition) is 1. The Morgan fingerprint density at radius 3 is 2.60 bits per heavy atom. The van der Waals surface area contributed by atoms with Crippen LogP contribution in [-0.4, -0.2) is 55.3 Å². The fraction of sp³-hybridized carbons (Fsp3) is 0.789. The quantitative estimate of drug-likeness (QED) is 0.456. The van der Waals surface area contributed by atoms with Crippen LogP contribution in [0.15, 0.2) is 0 Å². The lowest BCUT2D eigenvalue weighted by Crippen LogP contribution is -2.39. The molecule has 0 bridgehead atoms. The molecule has 0 saturated carbocycles. The van der Waals surface area contributed by atoms with Crippen molar-refractivity contribution in [3.63, 3.8) is 0 Å². The Labute approximate surface area is 152 Å². The van der Waals surface area contributed by atoms with Gasteiger partial charge in [-0.05, 0) is 59.5 Å². The van der Waals surface area contributed by atoms with Crippen LogP contribution in [0.4, 0.5) is 4.79 Å². The molecule has 6 heteroatoms. The molecule has 1 saturated heterocycles. The van der Waals surface area contributed by atoms with E-state index in [-0.39, 0.29) is 18.5 Å². The molecule has 1 amide bonds. The molecule has 0 spiro atoms. The normalized spacial score (nSPS) is 19.0. The molecule has 0 aliphatic carbocycles. The summed E-state index contributed by atoms with van der Waals surface area (Å²) in [6.07, 6.45) is 5.56. The molecule has 0 aromatic rings. The van der Waals surface area contributed by atoms with Gasteiger partial charge in [0.05, 0.1) is 0 Å². The Hall–Kier alpha value is -1.30. The van der Waals surface area contributed by atoms with Gasteiger partial charge in [0, 0.05) is 19.0 Å². The molecule has 0 aromatic heterocycles. The van der Waals surface area contributed by atoms with E-state index in [1.807, 2.05) is 0 Å². The number of nitrogens with zero attached hydrogens (tertiary/aromatic N) is 1. The second kappa shape index (κ2) is 12.1. The molecular formula is C19H34N2O4. The SMILES string of the molecule is [CH2]C([CH2])OC(=O)CCC(CCCCC)OC(=O)NCC1CCCN1C. The fourth-order valence-corrected chi connectivity index (χ4v) is 3.04. The van der Waals surface area contributed by atoms with Crippen molar-refractivity contribution < 1.29 is 19.1 Å². The topological polar surface area (TPSA) is 67.9 Å². The van der Waals surface area contributed by atoms with Gasteiger partial charge >= 0.3 is 12.1 Å². The Bertz CT molecular complexity index is 401. The van der Waals surface area contributed by atoms with E-state index in [4.69, 9.17) is 9.47 Å². The van der Waals surface area contributed by atoms with Gasteiger partial charge in [0.25, 0.3) is 0 Å². The zero-order valence-electron chi connectivity index (χ0n) is 15.8. The molecule has 2 atom stereocenters. The number of nitrogens with one attached hydrogen (secondary N) is 1. The summed E-state index contributed by atoms with van der Waals surface area (Å²) in [6.45, 7) is 10.9. The van der Waals surface area contributed by atoms with Crippen LogP contribution >= 0.6 is 0 Å². The number of rotatable bonds is 11. The average Bonchev–Trinajstić information content (AvgIpc) is 2.95. The van der Waals surface area contributed by atoms with Crippen molar-refractivity contribution in [2.24, 2.45) is 0 Å². The minimum absolute atomic E-state index is 0.205. The first-order valence-corrected chi connectivity index (χ1v) is 9.42. The van der Waals surface area contributed by atoms with Crippen LogP contribution in [0.25, 0.3) is 0 Å². The van der Waals surface area contributed by atoms with E-state index < -0.39 is 12.2 Å². The van der Waals surface area contributed by atoms with Crippen molar-refractivity contribution in [2.75, 3.05) is 20.1 Å². The van der Waals surface area contributed by atoms with E-state index in [0.29, 0.717) is 19.0 Å². The number of esters is 1. The van der Waals surface area contributed by atoms with E-state index in [1.54, 1.807) is 0 Å². The summed E-state index contributed by atoms with van der Waals surface area (Å²) >= 11 is 0. The van der Waals surface area contributed by atoms with E-state index in [9.17, 15) is 9.59 Å². The summed E-state index contributed by atoms with van der Waals surface area (Å²) in [4.78, 5) is 26.0. The van der Waals surface area contributed by atoms with Crippen molar-refractivity contribution in [1.82, 2.24) is 10.2 Å². The van der Waals surface area contributed by atoms with E-state index in [2.05, 4.69) is 38.0 Å². The fourth-order valence-electron chi connectivity index (χ4n) is 3.04. The molecule has 1 heterocycles. The van der Waals surface area contributed by atoms with Gasteiger partial charge in [-0.15, -0.1) is 0 Å². The number of hydrogen-bond acceptors (Lipinski definition) is 5. The number of alkyl carbamates (subject to hydrolysis) is 1. The average molecular weight is 354 g/mol. The van der Waals surface area contributed by atoms with Crippen molar-refractivity contribution in [3.8, 4) is 0 Å². The number of unbranched alkanes of at least 4 members (excludes halogenated alkanes) is 2. The minimum Gasteiger partial charge on any atom is -0.462 e. The van der Waals surface area contributed by atoms with Crippen molar-refractivity contribution in [1.29, 1.82) is 0 Å². The van der Waals surface area contributed by atoms with Crippen molar-refractivity contribution in [3.05, 3.63) is 13.8 Å². The van der Waals surface area contributed by atoms with Gasteiger partial charge in [-0.2, -0.15) is 0 Å². The van der Waals surface area contributed by atoms with Crippen LogP contribution in [0.2, 0.25) is 0 Å². The van der Waals surface area contributed by atoms with E-state index >= 15 is 0 Å². The van der Waals surface area contributed by atoms with Crippen molar-refractivity contribution in [2.45, 2.75) is 76.5 Å². The Morgan fingerprint density at radius 1 is 1.24 bits per heavy atom. The van der Waals surface area contributed by atoms with Crippen LogP contribution in [0, 0.1) is 13.8 Å². The van der Waals surface area contributed by atoms with Gasteiger partial charge in [0.15, 0.2) is 0 Å². The molecule has 2 radical (unpaired) electrons. The third-order valence-corrected chi connectivity index (χ3v) is 4.53. The van der Waals surface area contributed by atoms with Crippen LogP contribution in [0.5, 0.6) is 0 Å². The zero-order chi connectivity index (χ0) is 18.7. The molecular weight excluding hydrogens is 320 g/mol. The third kappa shape index (κ3) is 9.68. The maximum Gasteiger partial charge on any atom is 0.407 e. The van der Waals surface area contributed by atoms with Gasteiger partial charge in [-0.25, -0.2) is 4.79 Å². The van der Waals surface area contributed by atoms with Crippen LogP contribution in [0.3, 0.4) is 0 Å². The van der Waals surface area contributed by atoms with Crippen LogP contribution in [0.1, 0.15) is 58.3 Å². The largest absolute Gasteiger partial charge is 0.462 e. The lowest BCUT2D eigenvalue weighted by atomic mass is 10.1. The number of likely N-dealkylation sites (tertiary alicyclic amines) is 1. The summed E-state index contributed by atoms with van der Waals surface area (Å²) in [6, 6.07) is 0.382. The van der Waals surface area contributed by atoms with E-state index in [0.717, 1.165) is 38.6 Å². The molecule has 1 aliphatic rings. The van der Waals surface area contributed by atoms with Gasteiger partial charge < -0.3 is 19.7 Å². The second-order valence-electron chi connectivity index (χ2n) is 6.83. The molecule has 1 fully saturated rings. The first-order chi connectivity index (χ1) is 11.9. The number of likely N-dealkylation sites (N-methyl/N-ethyl adjacent to an activating group) is 1. The smallest absolute Gasteiger partial charge is 0.407 e. The van der Waals surface area contributed by atoms with Crippen LogP contribution < -0.4 is 5.32 Å². The summed E-state index contributed by atoms with van der Waals surface area (Å²) in [5, 5.41) is 2.86. The van der Waals surface area contributed by atoms with Gasteiger partial charge in [-0.1, -0.05) is 19.8 Å². The maximum atomic E-state index is 12.1. The Morgan fingerprint density at radius 2 is 2.00 bits per heavy atom. The third-order valence-electron chi connectivity index (χ3n) is 4.53. The molecule has 2 unspecified atom stereocenters. The van der Waals surface area contributed by atoms with Crippen LogP contribution in [-0.2, 0) is 14.3 Å². The molecule has 144 valence electrons. The monoisotopic (exact) mass is 354 g/mol. The van der Waals surface area contributed by atoms with E-state index in [1.165, 1.54) is 6.42 Å². The molecule has 1 N–H and O–H groups in total. The molecule has 1 aliphatic heterocycles. The van der Waals surface area contributed by atoms with Gasteiger partial charge in [0.1, 0.15) is 12.2 Å². The number of amides is 1. The molecule has 25 heavy (non-hydrogen) atoms. The highest BCUT2D eigenvalue weighted by Gasteiger charge is 2.22. The summed E-state index contributed by atoms with van der Waals surface area (Å²) in [5.41, 5.74) is 0. The summed E-state index contributed by atoms with van der Waals surface area (Å²) in [7, 11) is 2.07. The maximum absolute atomic E-state index is 12.1. The highest BCUT2D eigenvalue weighted by atomic mass is 16.6. The molecule has 0 aromatic carbocycles. The first-order valence-electron chi connectivity index (χ1n) is 9.42. The highest BCUT2D eigenvalue weighted by Crippen LogP contribution is 2.15. The minimum atomic E-state index is -0.612. The predicted molar refractivity (Wildman–Crippen MR) is 97.9 cm³/mol. The first kappa shape index (κ1) is 21.7. The number of carbonyl (C=O) groups excluding carboxylic acids is 2. The number of ether oxygens (including phenoxy) is 2. The standard InChI is InChI=1S/C19H34N2O4/c1-5-6-7-10-17(11-12-18(22)24-15(2)3)25-19(23)20-14-16-9-8-13-21(16)4/h15-17H,2-3,5-14H2,1,4H3,(H,20,23). The molecule has 6 nitrogen and oxygen atoms in total. The van der Waals surface area contributed by atoms with Gasteiger partial charge in [0.2, 0.25) is 0 Å². The van der Waals surface area contributed by atoms with Gasteiger partial charge in [-0.3, -0.25) is 4.79 Å². The summed E-state index contributed by atoms with van der Waals surface area (Å²) < 4.78 is 10.5. The Balaban J connectivity index is 2.36. The lowest BCUT2D eigenvalue weighted by molar-refractivity contribution is -0.146. The highest BCUT2D eigenvalue weighted by molar-refractivity contribution is 5.70. The Kier molecular flexibility index (Phi) is 10.5. The molecule has 1 rings (SSSR count). The lowest BCUT2D eigenvalue weighted by Gasteiger charge is -2.22. The predicted octanol–water partition coefficient (Wildman–Crippen LogP) is 3.12.